The minimum Gasteiger partial charge on any atom is -0.337 e. The average molecular weight is 222 g/mol. The molecule has 0 saturated carbocycles. The summed E-state index contributed by atoms with van der Waals surface area (Å²) >= 11 is 11.8. The maximum atomic E-state index is 11.7. The second-order valence-electron chi connectivity index (χ2n) is 3.43. The van der Waals surface area contributed by atoms with Crippen LogP contribution in [-0.2, 0) is 4.79 Å². The number of carbonyl (C=O) groups excluding carboxylic acids is 1. The Morgan fingerprint density at radius 3 is 2.85 bits per heavy atom. The molecule has 0 aliphatic carbocycles. The smallest absolute Gasteiger partial charge is 0.244 e. The standard InChI is InChI=1S/C9H13Cl2NO/c1-3-4-12-6-7(5-10)9(2,11)8(12)13/h3,7H,1,4-6H2,2H3/t7-,9-/m0/s1. The predicted molar refractivity (Wildman–Crippen MR) is 55.2 cm³/mol. The highest BCUT2D eigenvalue weighted by Crippen LogP contribution is 2.35. The first-order valence-corrected chi connectivity index (χ1v) is 5.10. The minimum atomic E-state index is -0.829. The van der Waals surface area contributed by atoms with E-state index in [0.29, 0.717) is 19.0 Å². The molecule has 0 N–H and O–H groups in total. The molecular weight excluding hydrogens is 209 g/mol. The molecule has 0 unspecified atom stereocenters. The van der Waals surface area contributed by atoms with Crippen LogP contribution in [0.25, 0.3) is 0 Å². The van der Waals surface area contributed by atoms with Crippen LogP contribution < -0.4 is 0 Å². The van der Waals surface area contributed by atoms with Gasteiger partial charge >= 0.3 is 0 Å². The largest absolute Gasteiger partial charge is 0.337 e. The molecule has 2 atom stereocenters. The Balaban J connectivity index is 2.78. The number of alkyl halides is 2. The van der Waals surface area contributed by atoms with Gasteiger partial charge in [-0.1, -0.05) is 6.08 Å². The van der Waals surface area contributed by atoms with Crippen molar-refractivity contribution in [3.05, 3.63) is 12.7 Å². The van der Waals surface area contributed by atoms with E-state index >= 15 is 0 Å². The van der Waals surface area contributed by atoms with E-state index in [1.807, 2.05) is 0 Å². The van der Waals surface area contributed by atoms with Crippen molar-refractivity contribution in [2.75, 3.05) is 19.0 Å². The van der Waals surface area contributed by atoms with E-state index in [-0.39, 0.29) is 11.8 Å². The molecule has 1 aliphatic heterocycles. The number of amides is 1. The van der Waals surface area contributed by atoms with E-state index < -0.39 is 4.87 Å². The maximum absolute atomic E-state index is 11.7. The van der Waals surface area contributed by atoms with Gasteiger partial charge in [-0.25, -0.2) is 0 Å². The first-order valence-electron chi connectivity index (χ1n) is 4.19. The minimum absolute atomic E-state index is 0.0308. The summed E-state index contributed by atoms with van der Waals surface area (Å²) < 4.78 is 0. The van der Waals surface area contributed by atoms with Crippen molar-refractivity contribution >= 4 is 29.1 Å². The van der Waals surface area contributed by atoms with E-state index in [4.69, 9.17) is 23.2 Å². The number of halogens is 2. The number of likely N-dealkylation sites (tertiary alicyclic amines) is 1. The number of carbonyl (C=O) groups is 1. The fourth-order valence-corrected chi connectivity index (χ4v) is 2.26. The lowest BCUT2D eigenvalue weighted by Gasteiger charge is -2.18. The average Bonchev–Trinajstić information content (AvgIpc) is 2.29. The molecular formula is C9H13Cl2NO. The molecule has 1 fully saturated rings. The molecule has 1 rings (SSSR count). The Morgan fingerprint density at radius 1 is 1.85 bits per heavy atom. The van der Waals surface area contributed by atoms with Gasteiger partial charge in [0.05, 0.1) is 0 Å². The van der Waals surface area contributed by atoms with E-state index in [2.05, 4.69) is 6.58 Å². The highest BCUT2D eigenvalue weighted by atomic mass is 35.5. The molecule has 0 aromatic heterocycles. The zero-order valence-electron chi connectivity index (χ0n) is 7.59. The van der Waals surface area contributed by atoms with Crippen LogP contribution in [0.1, 0.15) is 6.92 Å². The summed E-state index contributed by atoms with van der Waals surface area (Å²) in [6, 6.07) is 0. The maximum Gasteiger partial charge on any atom is 0.244 e. The van der Waals surface area contributed by atoms with Crippen molar-refractivity contribution in [1.29, 1.82) is 0 Å². The van der Waals surface area contributed by atoms with Crippen LogP contribution in [0.15, 0.2) is 12.7 Å². The van der Waals surface area contributed by atoms with Crippen molar-refractivity contribution in [1.82, 2.24) is 4.90 Å². The van der Waals surface area contributed by atoms with Crippen molar-refractivity contribution in [3.8, 4) is 0 Å². The SMILES string of the molecule is C=CCN1C[C@H](CCl)[C@](C)(Cl)C1=O. The van der Waals surface area contributed by atoms with Crippen LogP contribution in [0.2, 0.25) is 0 Å². The molecule has 0 spiro atoms. The molecule has 2 nitrogen and oxygen atoms in total. The molecule has 0 aromatic carbocycles. The van der Waals surface area contributed by atoms with E-state index in [0.717, 1.165) is 0 Å². The lowest BCUT2D eigenvalue weighted by atomic mass is 9.99. The molecule has 4 heteroatoms. The summed E-state index contributed by atoms with van der Waals surface area (Å²) in [6.07, 6.45) is 1.70. The quantitative estimate of drug-likeness (QED) is 0.527. The van der Waals surface area contributed by atoms with Crippen LogP contribution in [0.5, 0.6) is 0 Å². The summed E-state index contributed by atoms with van der Waals surface area (Å²) in [5.74, 6) is 0.405. The third kappa shape index (κ3) is 1.84. The zero-order valence-corrected chi connectivity index (χ0v) is 9.11. The Kier molecular flexibility index (Phi) is 3.25. The number of nitrogens with zero attached hydrogens (tertiary/aromatic N) is 1. The topological polar surface area (TPSA) is 20.3 Å². The number of rotatable bonds is 3. The van der Waals surface area contributed by atoms with Gasteiger partial charge in [0, 0.05) is 24.9 Å². The molecule has 0 aromatic rings. The lowest BCUT2D eigenvalue weighted by molar-refractivity contribution is -0.129. The molecule has 1 amide bonds. The van der Waals surface area contributed by atoms with Crippen LogP contribution in [0.3, 0.4) is 0 Å². The fourth-order valence-electron chi connectivity index (χ4n) is 1.51. The predicted octanol–water partition coefficient (Wildman–Crippen LogP) is 1.87. The Morgan fingerprint density at radius 2 is 2.46 bits per heavy atom. The Labute approximate surface area is 88.5 Å². The first kappa shape index (κ1) is 10.9. The van der Waals surface area contributed by atoms with E-state index in [1.165, 1.54) is 0 Å². The monoisotopic (exact) mass is 221 g/mol. The van der Waals surface area contributed by atoms with Gasteiger partial charge in [0.15, 0.2) is 0 Å². The van der Waals surface area contributed by atoms with Gasteiger partial charge in [0.1, 0.15) is 4.87 Å². The summed E-state index contributed by atoms with van der Waals surface area (Å²) in [5.41, 5.74) is 0. The second-order valence-corrected chi connectivity index (χ2v) is 4.52. The Bertz CT molecular complexity index is 228. The van der Waals surface area contributed by atoms with Crippen molar-refractivity contribution in [3.63, 3.8) is 0 Å². The summed E-state index contributed by atoms with van der Waals surface area (Å²) in [7, 11) is 0. The van der Waals surface area contributed by atoms with Gasteiger partial charge in [0.2, 0.25) is 5.91 Å². The van der Waals surface area contributed by atoms with Gasteiger partial charge in [-0.15, -0.1) is 29.8 Å². The Hall–Kier alpha value is -0.210. The normalized spacial score (nSPS) is 33.9. The third-order valence-electron chi connectivity index (χ3n) is 2.45. The van der Waals surface area contributed by atoms with Crippen LogP contribution in [0, 0.1) is 5.92 Å². The van der Waals surface area contributed by atoms with Gasteiger partial charge < -0.3 is 4.90 Å². The fraction of sp³-hybridized carbons (Fsp3) is 0.667. The van der Waals surface area contributed by atoms with Gasteiger partial charge in [0.25, 0.3) is 0 Å². The highest BCUT2D eigenvalue weighted by molar-refractivity contribution is 6.36. The third-order valence-corrected chi connectivity index (χ3v) is 3.29. The van der Waals surface area contributed by atoms with Gasteiger partial charge in [-0.3, -0.25) is 4.79 Å². The second kappa shape index (κ2) is 3.89. The molecule has 13 heavy (non-hydrogen) atoms. The first-order chi connectivity index (χ1) is 6.04. The van der Waals surface area contributed by atoms with E-state index in [1.54, 1.807) is 17.9 Å². The summed E-state index contributed by atoms with van der Waals surface area (Å²) in [5, 5.41) is 0. The van der Waals surface area contributed by atoms with Crippen LogP contribution in [-0.4, -0.2) is 34.7 Å². The number of hydrogen-bond acceptors (Lipinski definition) is 1. The lowest BCUT2D eigenvalue weighted by Crippen LogP contribution is -2.35. The van der Waals surface area contributed by atoms with E-state index in [9.17, 15) is 4.79 Å². The van der Waals surface area contributed by atoms with Gasteiger partial charge in [-0.2, -0.15) is 0 Å². The van der Waals surface area contributed by atoms with Crippen molar-refractivity contribution in [2.45, 2.75) is 11.8 Å². The molecule has 0 bridgehead atoms. The summed E-state index contributed by atoms with van der Waals surface area (Å²) in [6.45, 7) is 6.50. The molecule has 1 heterocycles. The van der Waals surface area contributed by atoms with Crippen LogP contribution in [0.4, 0.5) is 0 Å². The van der Waals surface area contributed by atoms with Crippen molar-refractivity contribution in [2.24, 2.45) is 5.92 Å². The van der Waals surface area contributed by atoms with Gasteiger partial charge in [-0.05, 0) is 6.92 Å². The number of hydrogen-bond donors (Lipinski definition) is 0. The molecule has 1 aliphatic rings. The molecule has 1 saturated heterocycles. The molecule has 74 valence electrons. The van der Waals surface area contributed by atoms with Crippen molar-refractivity contribution < 1.29 is 4.79 Å². The highest BCUT2D eigenvalue weighted by Gasteiger charge is 2.48. The zero-order chi connectivity index (χ0) is 10.1. The summed E-state index contributed by atoms with van der Waals surface area (Å²) in [4.78, 5) is 12.5. The van der Waals surface area contributed by atoms with Crippen LogP contribution >= 0.6 is 23.2 Å². The molecule has 0 radical (unpaired) electrons.